The quantitative estimate of drug-likeness (QED) is 0.713. The summed E-state index contributed by atoms with van der Waals surface area (Å²) in [7, 11) is 1.45. The van der Waals surface area contributed by atoms with E-state index < -0.39 is 18.8 Å². The number of hydrogen-bond donors (Lipinski definition) is 3. The zero-order valence-corrected chi connectivity index (χ0v) is 13.2. The van der Waals surface area contributed by atoms with Crippen LogP contribution in [0.15, 0.2) is 18.2 Å². The molecule has 1 saturated heterocycles. The lowest BCUT2D eigenvalue weighted by molar-refractivity contribution is -0.123. The average Bonchev–Trinajstić information content (AvgIpc) is 2.92. The van der Waals surface area contributed by atoms with E-state index in [2.05, 4.69) is 15.4 Å². The number of hydrogen-bond acceptors (Lipinski definition) is 5. The van der Waals surface area contributed by atoms with Gasteiger partial charge in [-0.05, 0) is 24.6 Å². The summed E-state index contributed by atoms with van der Waals surface area (Å²) in [6.45, 7) is -2.57. The van der Waals surface area contributed by atoms with Crippen LogP contribution in [0.25, 0.3) is 0 Å². The van der Waals surface area contributed by atoms with Gasteiger partial charge < -0.3 is 25.2 Å². The van der Waals surface area contributed by atoms with E-state index in [0.717, 1.165) is 0 Å². The predicted octanol–water partition coefficient (Wildman–Crippen LogP) is 1.06. The van der Waals surface area contributed by atoms with Crippen molar-refractivity contribution in [2.45, 2.75) is 31.7 Å². The predicted molar refractivity (Wildman–Crippen MR) is 81.1 cm³/mol. The molecule has 1 aliphatic heterocycles. The highest BCUT2D eigenvalue weighted by atomic mass is 35.5. The Kier molecular flexibility index (Phi) is 7.47. The maximum atomic E-state index is 12.4. The third-order valence-corrected chi connectivity index (χ3v) is 3.36. The monoisotopic (exact) mass is 352 g/mol. The molecule has 1 heterocycles. The second-order valence-corrected chi connectivity index (χ2v) is 4.92. The van der Waals surface area contributed by atoms with Crippen LogP contribution in [0.1, 0.15) is 12.0 Å². The van der Waals surface area contributed by atoms with Gasteiger partial charge in [0.05, 0.1) is 19.3 Å². The van der Waals surface area contributed by atoms with Crippen LogP contribution in [-0.2, 0) is 11.3 Å². The van der Waals surface area contributed by atoms with Gasteiger partial charge >= 0.3 is 6.61 Å². The molecule has 2 rings (SSSR count). The molecule has 0 aliphatic carbocycles. The molecule has 1 aromatic rings. The number of aliphatic hydroxyl groups is 1. The van der Waals surface area contributed by atoms with Gasteiger partial charge in [-0.3, -0.25) is 4.79 Å². The molecule has 23 heavy (non-hydrogen) atoms. The molecule has 1 aliphatic rings. The minimum atomic E-state index is -2.95. The molecule has 6 nitrogen and oxygen atoms in total. The van der Waals surface area contributed by atoms with Gasteiger partial charge in [0.1, 0.15) is 11.5 Å². The van der Waals surface area contributed by atoms with Crippen LogP contribution in [-0.4, -0.2) is 43.4 Å². The maximum Gasteiger partial charge on any atom is 0.387 e. The van der Waals surface area contributed by atoms with E-state index in [1.165, 1.54) is 25.3 Å². The third kappa shape index (κ3) is 5.49. The SMILES string of the molecule is COc1ccc(OC(F)F)c(CNC(=O)C2CC(O)CN2)c1.Cl. The molecule has 3 N–H and O–H groups in total. The van der Waals surface area contributed by atoms with E-state index in [-0.39, 0.29) is 30.6 Å². The fourth-order valence-electron chi connectivity index (χ4n) is 2.25. The Morgan fingerprint density at radius 1 is 1.52 bits per heavy atom. The van der Waals surface area contributed by atoms with Gasteiger partial charge in [0, 0.05) is 18.7 Å². The highest BCUT2D eigenvalue weighted by Gasteiger charge is 2.27. The molecule has 9 heteroatoms. The van der Waals surface area contributed by atoms with Crippen molar-refractivity contribution in [1.82, 2.24) is 10.6 Å². The molecule has 0 aromatic heterocycles. The van der Waals surface area contributed by atoms with Gasteiger partial charge in [0.2, 0.25) is 5.91 Å². The number of ether oxygens (including phenoxy) is 2. The molecule has 2 unspecified atom stereocenters. The second-order valence-electron chi connectivity index (χ2n) is 4.92. The summed E-state index contributed by atoms with van der Waals surface area (Å²) in [6, 6.07) is 3.90. The van der Waals surface area contributed by atoms with Crippen LogP contribution in [0.2, 0.25) is 0 Å². The van der Waals surface area contributed by atoms with Crippen LogP contribution < -0.4 is 20.1 Å². The molecular formula is C14H19ClF2N2O4. The number of carbonyl (C=O) groups is 1. The number of carbonyl (C=O) groups excluding carboxylic acids is 1. The van der Waals surface area contributed by atoms with Crippen molar-refractivity contribution in [3.8, 4) is 11.5 Å². The number of β-amino-alcohol motifs (C(OH)–C–C–N with tert-alkyl or cyclic N) is 1. The van der Waals surface area contributed by atoms with Gasteiger partial charge in [-0.15, -0.1) is 12.4 Å². The summed E-state index contributed by atoms with van der Waals surface area (Å²) < 4.78 is 34.2. The Morgan fingerprint density at radius 3 is 2.83 bits per heavy atom. The smallest absolute Gasteiger partial charge is 0.387 e. The van der Waals surface area contributed by atoms with E-state index in [0.29, 0.717) is 24.3 Å². The molecular weight excluding hydrogens is 334 g/mol. The summed E-state index contributed by atoms with van der Waals surface area (Å²) in [6.07, 6.45) is -0.227. The number of benzene rings is 1. The zero-order chi connectivity index (χ0) is 16.1. The highest BCUT2D eigenvalue weighted by molar-refractivity contribution is 5.85. The Morgan fingerprint density at radius 2 is 2.26 bits per heavy atom. The van der Waals surface area contributed by atoms with Gasteiger partial charge in [0.25, 0.3) is 0 Å². The Hall–Kier alpha value is -1.64. The van der Waals surface area contributed by atoms with Crippen molar-refractivity contribution in [3.05, 3.63) is 23.8 Å². The zero-order valence-electron chi connectivity index (χ0n) is 12.4. The Bertz CT molecular complexity index is 533. The van der Waals surface area contributed by atoms with Crippen molar-refractivity contribution in [2.24, 2.45) is 0 Å². The summed E-state index contributed by atoms with van der Waals surface area (Å²) in [5.41, 5.74) is 0.381. The van der Waals surface area contributed by atoms with Crippen LogP contribution in [0.3, 0.4) is 0 Å². The Labute approximate surface area is 138 Å². The fourth-order valence-corrected chi connectivity index (χ4v) is 2.25. The summed E-state index contributed by atoms with van der Waals surface area (Å²) in [5.74, 6) is 0.151. The minimum absolute atomic E-state index is 0. The first-order chi connectivity index (χ1) is 10.5. The van der Waals surface area contributed by atoms with Crippen LogP contribution in [0.5, 0.6) is 11.5 Å². The average molecular weight is 353 g/mol. The maximum absolute atomic E-state index is 12.4. The molecule has 2 atom stereocenters. The van der Waals surface area contributed by atoms with Crippen molar-refractivity contribution in [2.75, 3.05) is 13.7 Å². The lowest BCUT2D eigenvalue weighted by atomic mass is 10.1. The first-order valence-corrected chi connectivity index (χ1v) is 6.80. The van der Waals surface area contributed by atoms with E-state index in [1.807, 2.05) is 0 Å². The number of rotatable bonds is 6. The number of halogens is 3. The molecule has 0 spiro atoms. The highest BCUT2D eigenvalue weighted by Crippen LogP contribution is 2.25. The van der Waals surface area contributed by atoms with Crippen LogP contribution in [0.4, 0.5) is 8.78 Å². The van der Waals surface area contributed by atoms with Crippen molar-refractivity contribution < 1.29 is 28.2 Å². The van der Waals surface area contributed by atoms with Gasteiger partial charge in [0.15, 0.2) is 0 Å². The molecule has 1 amide bonds. The molecule has 1 aromatic carbocycles. The van der Waals surface area contributed by atoms with Crippen molar-refractivity contribution >= 4 is 18.3 Å². The Balaban J connectivity index is 0.00000264. The van der Waals surface area contributed by atoms with E-state index in [9.17, 15) is 18.7 Å². The normalized spacial score (nSPS) is 20.0. The number of aliphatic hydroxyl groups excluding tert-OH is 1. The minimum Gasteiger partial charge on any atom is -0.497 e. The fraction of sp³-hybridized carbons (Fsp3) is 0.500. The first kappa shape index (κ1) is 19.4. The summed E-state index contributed by atoms with van der Waals surface area (Å²) >= 11 is 0. The number of nitrogens with one attached hydrogen (secondary N) is 2. The van der Waals surface area contributed by atoms with E-state index in [4.69, 9.17) is 4.74 Å². The summed E-state index contributed by atoms with van der Waals surface area (Å²) in [4.78, 5) is 11.9. The summed E-state index contributed by atoms with van der Waals surface area (Å²) in [5, 5.41) is 14.9. The first-order valence-electron chi connectivity index (χ1n) is 6.80. The van der Waals surface area contributed by atoms with E-state index in [1.54, 1.807) is 0 Å². The molecule has 1 fully saturated rings. The lowest BCUT2D eigenvalue weighted by Crippen LogP contribution is -2.40. The third-order valence-electron chi connectivity index (χ3n) is 3.36. The number of amides is 1. The van der Waals surface area contributed by atoms with Crippen LogP contribution in [0, 0.1) is 0 Å². The molecule has 0 saturated carbocycles. The van der Waals surface area contributed by atoms with Crippen LogP contribution >= 0.6 is 12.4 Å². The largest absolute Gasteiger partial charge is 0.497 e. The topological polar surface area (TPSA) is 79.8 Å². The molecule has 0 bridgehead atoms. The second kappa shape index (κ2) is 8.85. The van der Waals surface area contributed by atoms with Gasteiger partial charge in [-0.1, -0.05) is 0 Å². The number of alkyl halides is 2. The molecule has 0 radical (unpaired) electrons. The number of methoxy groups -OCH3 is 1. The van der Waals surface area contributed by atoms with Gasteiger partial charge in [-0.2, -0.15) is 8.78 Å². The van der Waals surface area contributed by atoms with Gasteiger partial charge in [-0.25, -0.2) is 0 Å². The standard InChI is InChI=1S/C14H18F2N2O4.ClH/c1-21-10-2-3-12(22-14(15)16)8(4-10)6-18-13(20)11-5-9(19)7-17-11;/h2-4,9,11,14,17,19H,5-7H2,1H3,(H,18,20);1H. The lowest BCUT2D eigenvalue weighted by Gasteiger charge is -2.15. The van der Waals surface area contributed by atoms with Crippen molar-refractivity contribution in [3.63, 3.8) is 0 Å². The molecule has 130 valence electrons. The van der Waals surface area contributed by atoms with E-state index >= 15 is 0 Å². The van der Waals surface area contributed by atoms with Crippen molar-refractivity contribution in [1.29, 1.82) is 0 Å².